The molecule has 0 radical (unpaired) electrons. The van der Waals surface area contributed by atoms with E-state index >= 15 is 0 Å². The summed E-state index contributed by atoms with van der Waals surface area (Å²) in [5, 5.41) is 6.68. The van der Waals surface area contributed by atoms with Crippen LogP contribution in [0.15, 0.2) is 42.0 Å². The summed E-state index contributed by atoms with van der Waals surface area (Å²) >= 11 is 3.46. The van der Waals surface area contributed by atoms with Crippen molar-refractivity contribution in [3.05, 3.63) is 47.9 Å². The standard InChI is InChI=1S/C17H17N5S2/c1-23-8-7-14(16-20-12-4-2-3-5-13(12)21-16)22-15-11-6-9-24-17(11)19-10-18-15/h2-6,9-10,14H,7-8H2,1H3,(H,20,21)(H,18,19,22)/t14-/m0/s1. The first-order valence-electron chi connectivity index (χ1n) is 7.73. The van der Waals surface area contributed by atoms with Crippen LogP contribution in [-0.4, -0.2) is 31.9 Å². The maximum Gasteiger partial charge on any atom is 0.138 e. The summed E-state index contributed by atoms with van der Waals surface area (Å²) in [5.74, 6) is 2.87. The topological polar surface area (TPSA) is 66.5 Å². The molecule has 0 aliphatic rings. The van der Waals surface area contributed by atoms with Crippen LogP contribution in [0, 0.1) is 0 Å². The number of aromatic amines is 1. The predicted molar refractivity (Wildman–Crippen MR) is 103 cm³/mol. The van der Waals surface area contributed by atoms with Gasteiger partial charge in [-0.3, -0.25) is 0 Å². The lowest BCUT2D eigenvalue weighted by Gasteiger charge is -2.17. The smallest absolute Gasteiger partial charge is 0.138 e. The lowest BCUT2D eigenvalue weighted by Crippen LogP contribution is -2.14. The number of aromatic nitrogens is 4. The minimum atomic E-state index is 0.0860. The molecule has 4 rings (SSSR count). The molecule has 0 unspecified atom stereocenters. The molecule has 0 fully saturated rings. The largest absolute Gasteiger partial charge is 0.359 e. The second-order valence-electron chi connectivity index (χ2n) is 5.48. The molecule has 1 aromatic carbocycles. The van der Waals surface area contributed by atoms with E-state index in [1.54, 1.807) is 17.7 Å². The van der Waals surface area contributed by atoms with Gasteiger partial charge in [0.1, 0.15) is 22.8 Å². The molecular weight excluding hydrogens is 338 g/mol. The van der Waals surface area contributed by atoms with Gasteiger partial charge in [-0.05, 0) is 42.0 Å². The van der Waals surface area contributed by atoms with E-state index in [0.29, 0.717) is 0 Å². The van der Waals surface area contributed by atoms with E-state index in [1.165, 1.54) is 0 Å². The van der Waals surface area contributed by atoms with E-state index in [2.05, 4.69) is 38.7 Å². The predicted octanol–water partition coefficient (Wildman–Crippen LogP) is 4.47. The molecule has 7 heteroatoms. The van der Waals surface area contributed by atoms with Gasteiger partial charge in [-0.1, -0.05) is 12.1 Å². The van der Waals surface area contributed by atoms with Gasteiger partial charge in [0.2, 0.25) is 0 Å². The SMILES string of the molecule is CSCC[C@H](Nc1ncnc2sccc12)c1nc2ccccc2[nH]1. The molecule has 1 atom stereocenters. The summed E-state index contributed by atoms with van der Waals surface area (Å²) in [6.45, 7) is 0. The Morgan fingerprint density at radius 3 is 3.04 bits per heavy atom. The average molecular weight is 355 g/mol. The third-order valence-corrected chi connectivity index (χ3v) is 5.39. The van der Waals surface area contributed by atoms with Gasteiger partial charge >= 0.3 is 0 Å². The molecule has 122 valence electrons. The van der Waals surface area contributed by atoms with Crippen molar-refractivity contribution in [1.82, 2.24) is 19.9 Å². The Morgan fingerprint density at radius 1 is 1.25 bits per heavy atom. The number of H-pyrrole nitrogens is 1. The summed E-state index contributed by atoms with van der Waals surface area (Å²) in [4.78, 5) is 18.0. The molecule has 0 aliphatic heterocycles. The first-order valence-corrected chi connectivity index (χ1v) is 10.0. The van der Waals surface area contributed by atoms with Crippen LogP contribution in [0.25, 0.3) is 21.3 Å². The fraction of sp³-hybridized carbons (Fsp3) is 0.235. The van der Waals surface area contributed by atoms with Crippen LogP contribution in [0.2, 0.25) is 0 Å². The van der Waals surface area contributed by atoms with Crippen LogP contribution >= 0.6 is 23.1 Å². The molecule has 24 heavy (non-hydrogen) atoms. The molecule has 5 nitrogen and oxygen atoms in total. The van der Waals surface area contributed by atoms with Crippen LogP contribution < -0.4 is 5.32 Å². The van der Waals surface area contributed by atoms with E-state index < -0.39 is 0 Å². The van der Waals surface area contributed by atoms with Gasteiger partial charge in [0.15, 0.2) is 0 Å². The molecule has 3 heterocycles. The van der Waals surface area contributed by atoms with Crippen LogP contribution in [0.1, 0.15) is 18.3 Å². The molecule has 0 saturated carbocycles. The van der Waals surface area contributed by atoms with Gasteiger partial charge in [-0.25, -0.2) is 15.0 Å². The second kappa shape index (κ2) is 6.78. The summed E-state index contributed by atoms with van der Waals surface area (Å²) in [6, 6.07) is 10.3. The molecule has 0 amide bonds. The number of nitrogens with one attached hydrogen (secondary N) is 2. The molecule has 2 N–H and O–H groups in total. The summed E-state index contributed by atoms with van der Waals surface area (Å²) in [7, 11) is 0. The van der Waals surface area contributed by atoms with Crippen molar-refractivity contribution >= 4 is 50.2 Å². The zero-order valence-electron chi connectivity index (χ0n) is 13.2. The first kappa shape index (κ1) is 15.4. The fourth-order valence-corrected chi connectivity index (χ4v) is 3.92. The molecule has 3 aromatic heterocycles. The number of thiophene rings is 1. The van der Waals surface area contributed by atoms with E-state index in [4.69, 9.17) is 4.98 Å². The van der Waals surface area contributed by atoms with Crippen molar-refractivity contribution in [2.45, 2.75) is 12.5 Å². The van der Waals surface area contributed by atoms with Crippen molar-refractivity contribution in [1.29, 1.82) is 0 Å². The number of hydrogen-bond acceptors (Lipinski definition) is 6. The number of thioether (sulfide) groups is 1. The van der Waals surface area contributed by atoms with Gasteiger partial charge < -0.3 is 10.3 Å². The Kier molecular flexibility index (Phi) is 4.36. The number of fused-ring (bicyclic) bond motifs is 2. The van der Waals surface area contributed by atoms with Gasteiger partial charge in [-0.15, -0.1) is 11.3 Å². The zero-order chi connectivity index (χ0) is 16.4. The molecule has 0 saturated heterocycles. The normalized spacial score (nSPS) is 12.7. The third kappa shape index (κ3) is 2.97. The quantitative estimate of drug-likeness (QED) is 0.534. The number of para-hydroxylation sites is 2. The van der Waals surface area contributed by atoms with Crippen LogP contribution in [0.5, 0.6) is 0 Å². The number of nitrogens with zero attached hydrogens (tertiary/aromatic N) is 3. The average Bonchev–Trinajstić information content (AvgIpc) is 3.25. The highest BCUT2D eigenvalue weighted by Crippen LogP contribution is 2.29. The number of benzene rings is 1. The molecule has 0 spiro atoms. The highest BCUT2D eigenvalue weighted by Gasteiger charge is 2.17. The van der Waals surface area contributed by atoms with Crippen molar-refractivity contribution in [3.63, 3.8) is 0 Å². The van der Waals surface area contributed by atoms with E-state index in [0.717, 1.165) is 45.1 Å². The van der Waals surface area contributed by atoms with Crippen LogP contribution in [0.3, 0.4) is 0 Å². The maximum absolute atomic E-state index is 4.76. The van der Waals surface area contributed by atoms with Gasteiger partial charge in [0.05, 0.1) is 22.5 Å². The van der Waals surface area contributed by atoms with Gasteiger partial charge in [0, 0.05) is 0 Å². The van der Waals surface area contributed by atoms with Crippen molar-refractivity contribution in [2.75, 3.05) is 17.3 Å². The Morgan fingerprint density at radius 2 is 2.17 bits per heavy atom. The lowest BCUT2D eigenvalue weighted by atomic mass is 10.2. The van der Waals surface area contributed by atoms with E-state index in [-0.39, 0.29) is 6.04 Å². The fourth-order valence-electron chi connectivity index (χ4n) is 2.72. The zero-order valence-corrected chi connectivity index (χ0v) is 14.8. The van der Waals surface area contributed by atoms with Crippen molar-refractivity contribution in [3.8, 4) is 0 Å². The number of imidazole rings is 1. The molecule has 0 aliphatic carbocycles. The van der Waals surface area contributed by atoms with Crippen molar-refractivity contribution in [2.24, 2.45) is 0 Å². The van der Waals surface area contributed by atoms with Crippen LogP contribution in [0.4, 0.5) is 5.82 Å². The van der Waals surface area contributed by atoms with Crippen LogP contribution in [-0.2, 0) is 0 Å². The first-order chi connectivity index (χ1) is 11.8. The van der Waals surface area contributed by atoms with E-state index in [9.17, 15) is 0 Å². The molecule has 4 aromatic rings. The summed E-state index contributed by atoms with van der Waals surface area (Å²) < 4.78 is 0. The van der Waals surface area contributed by atoms with Gasteiger partial charge in [0.25, 0.3) is 0 Å². The number of rotatable bonds is 6. The highest BCUT2D eigenvalue weighted by molar-refractivity contribution is 7.98. The Balaban J connectivity index is 1.69. The minimum absolute atomic E-state index is 0.0860. The Bertz CT molecular complexity index is 929. The van der Waals surface area contributed by atoms with E-state index in [1.807, 2.05) is 35.3 Å². The molecular formula is C17H17N5S2. The lowest BCUT2D eigenvalue weighted by molar-refractivity contribution is 0.710. The monoisotopic (exact) mass is 355 g/mol. The molecule has 0 bridgehead atoms. The maximum atomic E-state index is 4.76. The Hall–Kier alpha value is -2.12. The number of hydrogen-bond donors (Lipinski definition) is 2. The summed E-state index contributed by atoms with van der Waals surface area (Å²) in [5.41, 5.74) is 2.05. The summed E-state index contributed by atoms with van der Waals surface area (Å²) in [6.07, 6.45) is 4.71. The number of anilines is 1. The van der Waals surface area contributed by atoms with Crippen molar-refractivity contribution < 1.29 is 0 Å². The minimum Gasteiger partial charge on any atom is -0.359 e. The second-order valence-corrected chi connectivity index (χ2v) is 7.36. The Labute approximate surface area is 147 Å². The third-order valence-electron chi connectivity index (χ3n) is 3.92. The highest BCUT2D eigenvalue weighted by atomic mass is 32.2. The van der Waals surface area contributed by atoms with Gasteiger partial charge in [-0.2, -0.15) is 11.8 Å².